The molecule has 0 bridgehead atoms. The number of ether oxygens (including phenoxy) is 3. The Labute approximate surface area is 464 Å². The normalized spacial score (nSPS) is 12.7. The van der Waals surface area contributed by atoms with Gasteiger partial charge in [0.05, 0.1) is 0 Å². The molecule has 430 valence electrons. The molecule has 75 heavy (non-hydrogen) atoms. The van der Waals surface area contributed by atoms with E-state index in [4.69, 9.17) is 14.2 Å². The summed E-state index contributed by atoms with van der Waals surface area (Å²) in [7, 11) is 0. The Hall–Kier alpha value is -3.67. The molecule has 0 aromatic rings. The molecule has 0 aliphatic heterocycles. The topological polar surface area (TPSA) is 78.9 Å². The van der Waals surface area contributed by atoms with Gasteiger partial charge in [-0.15, -0.1) is 0 Å². The maximum atomic E-state index is 12.9. The van der Waals surface area contributed by atoms with Crippen molar-refractivity contribution in [2.75, 3.05) is 13.2 Å². The van der Waals surface area contributed by atoms with Gasteiger partial charge in [0.1, 0.15) is 13.2 Å². The fourth-order valence-electron chi connectivity index (χ4n) is 8.83. The molecule has 0 N–H and O–H groups in total. The summed E-state index contributed by atoms with van der Waals surface area (Å²) in [5, 5.41) is 0. The van der Waals surface area contributed by atoms with E-state index in [0.717, 1.165) is 135 Å². The molecular weight excluding hydrogens is 925 g/mol. The van der Waals surface area contributed by atoms with Gasteiger partial charge in [0, 0.05) is 19.3 Å². The van der Waals surface area contributed by atoms with E-state index in [1.165, 1.54) is 128 Å². The average molecular weight is 1040 g/mol. The van der Waals surface area contributed by atoms with Crippen LogP contribution < -0.4 is 0 Å². The summed E-state index contributed by atoms with van der Waals surface area (Å²) < 4.78 is 16.9. The number of carbonyl (C=O) groups is 3. The highest BCUT2D eigenvalue weighted by atomic mass is 16.6. The molecule has 0 saturated heterocycles. The van der Waals surface area contributed by atoms with Crippen LogP contribution in [0.25, 0.3) is 0 Å². The summed E-state index contributed by atoms with van der Waals surface area (Å²) in [6.07, 6.45) is 84.0. The summed E-state index contributed by atoms with van der Waals surface area (Å²) in [6, 6.07) is 0. The van der Waals surface area contributed by atoms with Gasteiger partial charge in [0.2, 0.25) is 0 Å². The van der Waals surface area contributed by atoms with Crippen molar-refractivity contribution in [2.45, 2.75) is 309 Å². The molecule has 6 heteroatoms. The molecule has 0 rings (SSSR count). The second-order valence-corrected chi connectivity index (χ2v) is 20.9. The van der Waals surface area contributed by atoms with Crippen LogP contribution in [0.3, 0.4) is 0 Å². The zero-order valence-electron chi connectivity index (χ0n) is 49.3. The van der Waals surface area contributed by atoms with E-state index < -0.39 is 6.10 Å². The fourth-order valence-corrected chi connectivity index (χ4v) is 8.83. The smallest absolute Gasteiger partial charge is 0.306 e. The van der Waals surface area contributed by atoms with Crippen LogP contribution in [0, 0.1) is 0 Å². The minimum absolute atomic E-state index is 0.0873. The maximum Gasteiger partial charge on any atom is 0.306 e. The molecule has 1 unspecified atom stereocenters. The third-order valence-corrected chi connectivity index (χ3v) is 13.6. The standard InChI is InChI=1S/C69H118O6/c1-4-7-10-13-16-19-22-25-28-31-33-34-36-38-41-44-47-50-53-56-59-62-68(71)74-65-66(64-73-67(70)61-58-55-52-49-46-43-40-37-30-27-24-21-18-15-12-9-6-3)75-69(72)63-60-57-54-51-48-45-42-39-35-32-29-26-23-20-17-14-11-8-5-2/h7,10,16-17,19-20,25-26,28-29,33-35,38-39,41,66H,4-6,8-9,11-15,18,21-24,27,30-32,36-37,40,42-65H2,1-3H3/b10-7-,19-16-,20-17-,28-25-,29-26-,34-33-,39-35-,41-38-. The van der Waals surface area contributed by atoms with Gasteiger partial charge < -0.3 is 14.2 Å². The lowest BCUT2D eigenvalue weighted by molar-refractivity contribution is -0.167. The van der Waals surface area contributed by atoms with Crippen LogP contribution in [0.5, 0.6) is 0 Å². The van der Waals surface area contributed by atoms with Gasteiger partial charge in [-0.05, 0) is 103 Å². The van der Waals surface area contributed by atoms with Gasteiger partial charge in [0.25, 0.3) is 0 Å². The van der Waals surface area contributed by atoms with E-state index in [-0.39, 0.29) is 31.1 Å². The molecule has 0 fully saturated rings. The van der Waals surface area contributed by atoms with E-state index in [9.17, 15) is 14.4 Å². The molecule has 0 aliphatic carbocycles. The molecule has 0 aromatic carbocycles. The number of hydrogen-bond acceptors (Lipinski definition) is 6. The Morgan fingerprint density at radius 2 is 0.520 bits per heavy atom. The summed E-state index contributed by atoms with van der Waals surface area (Å²) >= 11 is 0. The number of esters is 3. The van der Waals surface area contributed by atoms with Crippen LogP contribution in [0.2, 0.25) is 0 Å². The minimum Gasteiger partial charge on any atom is -0.462 e. The van der Waals surface area contributed by atoms with Crippen molar-refractivity contribution in [2.24, 2.45) is 0 Å². The predicted octanol–water partition coefficient (Wildman–Crippen LogP) is 21.7. The molecular formula is C69H118O6. The second kappa shape index (κ2) is 62.9. The Kier molecular flexibility index (Phi) is 59.8. The molecule has 1 atom stereocenters. The first-order chi connectivity index (χ1) is 37.0. The van der Waals surface area contributed by atoms with Crippen LogP contribution in [0.15, 0.2) is 97.2 Å². The first kappa shape index (κ1) is 71.3. The molecule has 0 aromatic heterocycles. The first-order valence-electron chi connectivity index (χ1n) is 31.7. The molecule has 0 aliphatic rings. The number of hydrogen-bond donors (Lipinski definition) is 0. The Bertz CT molecular complexity index is 1480. The third-order valence-electron chi connectivity index (χ3n) is 13.6. The largest absolute Gasteiger partial charge is 0.462 e. The van der Waals surface area contributed by atoms with Gasteiger partial charge >= 0.3 is 17.9 Å². The van der Waals surface area contributed by atoms with Crippen molar-refractivity contribution in [3.8, 4) is 0 Å². The predicted molar refractivity (Wildman–Crippen MR) is 325 cm³/mol. The van der Waals surface area contributed by atoms with Crippen molar-refractivity contribution in [3.63, 3.8) is 0 Å². The fraction of sp³-hybridized carbons (Fsp3) is 0.725. The highest BCUT2D eigenvalue weighted by Gasteiger charge is 2.19. The van der Waals surface area contributed by atoms with E-state index >= 15 is 0 Å². The summed E-state index contributed by atoms with van der Waals surface area (Å²) in [4.78, 5) is 38.3. The maximum absolute atomic E-state index is 12.9. The SMILES string of the molecule is CC/C=C\C/C=C\C/C=C\C/C=C\C/C=C\CCCCCCCC(=O)OCC(COC(=O)CCCCCCCCCCCCCCCCCCC)OC(=O)CCCCCCCC/C=C\C/C=C\C/C=C\CCCCC. The molecule has 0 heterocycles. The van der Waals surface area contributed by atoms with Crippen molar-refractivity contribution in [3.05, 3.63) is 97.2 Å². The lowest BCUT2D eigenvalue weighted by atomic mass is 10.0. The summed E-state index contributed by atoms with van der Waals surface area (Å²) in [6.45, 7) is 6.50. The minimum atomic E-state index is -0.794. The van der Waals surface area contributed by atoms with E-state index in [0.29, 0.717) is 19.3 Å². The van der Waals surface area contributed by atoms with Crippen LogP contribution in [0.4, 0.5) is 0 Å². The number of allylic oxidation sites excluding steroid dienone is 16. The van der Waals surface area contributed by atoms with Crippen molar-refractivity contribution in [1.82, 2.24) is 0 Å². The van der Waals surface area contributed by atoms with Crippen LogP contribution in [-0.2, 0) is 28.6 Å². The highest BCUT2D eigenvalue weighted by Crippen LogP contribution is 2.16. The van der Waals surface area contributed by atoms with Crippen LogP contribution in [0.1, 0.15) is 303 Å². The summed E-state index contributed by atoms with van der Waals surface area (Å²) in [5.41, 5.74) is 0. The monoisotopic (exact) mass is 1040 g/mol. The number of unbranched alkanes of at least 4 members (excludes halogenated alkanes) is 30. The van der Waals surface area contributed by atoms with Gasteiger partial charge in [-0.25, -0.2) is 0 Å². The van der Waals surface area contributed by atoms with Crippen molar-refractivity contribution >= 4 is 17.9 Å². The van der Waals surface area contributed by atoms with Gasteiger partial charge in [-0.1, -0.05) is 279 Å². The molecule has 6 nitrogen and oxygen atoms in total. The lowest BCUT2D eigenvalue weighted by Gasteiger charge is -2.18. The first-order valence-corrected chi connectivity index (χ1v) is 31.7. The molecule has 0 saturated carbocycles. The molecule has 0 amide bonds. The van der Waals surface area contributed by atoms with E-state index in [2.05, 4.69) is 118 Å². The van der Waals surface area contributed by atoms with Crippen molar-refractivity contribution < 1.29 is 28.6 Å². The Morgan fingerprint density at radius 1 is 0.280 bits per heavy atom. The quantitative estimate of drug-likeness (QED) is 0.0261. The summed E-state index contributed by atoms with van der Waals surface area (Å²) in [5.74, 6) is -0.908. The highest BCUT2D eigenvalue weighted by molar-refractivity contribution is 5.71. The van der Waals surface area contributed by atoms with E-state index in [1.807, 2.05) is 0 Å². The van der Waals surface area contributed by atoms with Gasteiger partial charge in [-0.2, -0.15) is 0 Å². The molecule has 0 radical (unpaired) electrons. The van der Waals surface area contributed by atoms with Crippen LogP contribution >= 0.6 is 0 Å². The Morgan fingerprint density at radius 3 is 0.840 bits per heavy atom. The number of carbonyl (C=O) groups excluding carboxylic acids is 3. The van der Waals surface area contributed by atoms with Gasteiger partial charge in [0.15, 0.2) is 6.10 Å². The second-order valence-electron chi connectivity index (χ2n) is 20.9. The Balaban J connectivity index is 4.44. The van der Waals surface area contributed by atoms with E-state index in [1.54, 1.807) is 0 Å². The van der Waals surface area contributed by atoms with Crippen LogP contribution in [-0.4, -0.2) is 37.2 Å². The number of rotatable bonds is 57. The molecule has 0 spiro atoms. The zero-order chi connectivity index (χ0) is 54.3. The van der Waals surface area contributed by atoms with Gasteiger partial charge in [-0.3, -0.25) is 14.4 Å². The zero-order valence-corrected chi connectivity index (χ0v) is 49.3. The third kappa shape index (κ3) is 61.1. The average Bonchev–Trinajstić information content (AvgIpc) is 3.41. The lowest BCUT2D eigenvalue weighted by Crippen LogP contribution is -2.30. The van der Waals surface area contributed by atoms with Crippen molar-refractivity contribution in [1.29, 1.82) is 0 Å².